The van der Waals surface area contributed by atoms with Gasteiger partial charge < -0.3 is 36.3 Å². The van der Waals surface area contributed by atoms with E-state index in [2.05, 4.69) is 36.7 Å². The van der Waals surface area contributed by atoms with Crippen molar-refractivity contribution in [1.29, 1.82) is 0 Å². The molecule has 0 aromatic carbocycles. The van der Waals surface area contributed by atoms with Gasteiger partial charge in [-0.1, -0.05) is 207 Å². The summed E-state index contributed by atoms with van der Waals surface area (Å²) in [5.41, 5.74) is 5.44. The SMILES string of the molecule is CCCCCCCCCCCCCCCC(=O)N[C@@H](CSC[C@@H](COC(=O)CCCCCCCCCCC)OC(=O)CCCCCCCCCCC)C(=O)NC(CC)C(=O)N[C@H](CCC(=O)O)C(N)=O. The minimum absolute atomic E-state index is 0.0649. The molecule has 0 aliphatic rings. The van der Waals surface area contributed by atoms with Crippen molar-refractivity contribution in [2.75, 3.05) is 18.1 Å². The van der Waals surface area contributed by atoms with Gasteiger partial charge in [-0.15, -0.1) is 0 Å². The highest BCUT2D eigenvalue weighted by Gasteiger charge is 2.29. The Kier molecular flexibility index (Phi) is 45.6. The molecule has 0 heterocycles. The van der Waals surface area contributed by atoms with Gasteiger partial charge in [0.05, 0.1) is 0 Å². The van der Waals surface area contributed by atoms with E-state index in [4.69, 9.17) is 20.3 Å². The van der Waals surface area contributed by atoms with Crippen LogP contribution < -0.4 is 21.7 Å². The van der Waals surface area contributed by atoms with E-state index in [-0.39, 0.29) is 68.1 Å². The smallest absolute Gasteiger partial charge is 0.306 e. The third-order valence-corrected chi connectivity index (χ3v) is 14.0. The van der Waals surface area contributed by atoms with Crippen LogP contribution in [0.4, 0.5) is 0 Å². The number of carboxylic acids is 1. The van der Waals surface area contributed by atoms with E-state index in [1.165, 1.54) is 134 Å². The highest BCUT2D eigenvalue weighted by Crippen LogP contribution is 2.17. The van der Waals surface area contributed by atoms with Gasteiger partial charge in [-0.05, 0) is 32.1 Å². The lowest BCUT2D eigenvalue weighted by Gasteiger charge is -2.24. The highest BCUT2D eigenvalue weighted by molar-refractivity contribution is 7.99. The van der Waals surface area contributed by atoms with Crippen molar-refractivity contribution in [3.8, 4) is 0 Å². The molecule has 4 amide bonds. The molecule has 0 bridgehead atoms. The second-order valence-corrected chi connectivity index (χ2v) is 20.5. The quantitative estimate of drug-likeness (QED) is 0.0285. The molecule has 6 N–H and O–H groups in total. The van der Waals surface area contributed by atoms with Crippen molar-refractivity contribution in [2.24, 2.45) is 5.73 Å². The maximum atomic E-state index is 13.9. The largest absolute Gasteiger partial charge is 0.481 e. The number of carbonyl (C=O) groups is 7. The Hall–Kier alpha value is -3.36. The number of hydrogen-bond acceptors (Lipinski definition) is 10. The predicted octanol–water partition coefficient (Wildman–Crippen LogP) is 11.7. The van der Waals surface area contributed by atoms with Crippen molar-refractivity contribution in [3.05, 3.63) is 0 Å². The summed E-state index contributed by atoms with van der Waals surface area (Å²) in [4.78, 5) is 89.6. The highest BCUT2D eigenvalue weighted by atomic mass is 32.2. The van der Waals surface area contributed by atoms with E-state index in [0.717, 1.165) is 64.2 Å². The van der Waals surface area contributed by atoms with Crippen LogP contribution in [0.15, 0.2) is 0 Å². The van der Waals surface area contributed by atoms with E-state index in [1.807, 2.05) is 0 Å². The first-order valence-corrected chi connectivity index (χ1v) is 29.4. The van der Waals surface area contributed by atoms with Gasteiger partial charge >= 0.3 is 17.9 Å². The lowest BCUT2D eigenvalue weighted by atomic mass is 10.0. The molecule has 4 atom stereocenters. The van der Waals surface area contributed by atoms with Crippen molar-refractivity contribution < 1.29 is 48.1 Å². The van der Waals surface area contributed by atoms with Gasteiger partial charge in [0.15, 0.2) is 0 Å². The second kappa shape index (κ2) is 47.9. The summed E-state index contributed by atoms with van der Waals surface area (Å²) < 4.78 is 11.5. The van der Waals surface area contributed by atoms with E-state index < -0.39 is 54.3 Å². The van der Waals surface area contributed by atoms with E-state index >= 15 is 0 Å². The Morgan fingerprint density at radius 3 is 1.26 bits per heavy atom. The molecule has 70 heavy (non-hydrogen) atoms. The van der Waals surface area contributed by atoms with Crippen LogP contribution in [0.1, 0.15) is 265 Å². The maximum absolute atomic E-state index is 13.9. The minimum atomic E-state index is -1.25. The van der Waals surface area contributed by atoms with Gasteiger partial charge in [0.25, 0.3) is 0 Å². The Morgan fingerprint density at radius 2 is 0.843 bits per heavy atom. The van der Waals surface area contributed by atoms with Gasteiger partial charge in [-0.3, -0.25) is 33.6 Å². The van der Waals surface area contributed by atoms with Crippen LogP contribution in [0.3, 0.4) is 0 Å². The van der Waals surface area contributed by atoms with Crippen LogP contribution in [-0.4, -0.2) is 89.0 Å². The number of nitrogens with two attached hydrogens (primary N) is 1. The van der Waals surface area contributed by atoms with Gasteiger partial charge in [0.1, 0.15) is 30.8 Å². The fraction of sp³-hybridized carbons (Fsp3) is 0.873. The van der Waals surface area contributed by atoms with Crippen LogP contribution in [0.2, 0.25) is 0 Å². The molecule has 0 aliphatic carbocycles. The van der Waals surface area contributed by atoms with Gasteiger partial charge in [0, 0.05) is 37.2 Å². The summed E-state index contributed by atoms with van der Waals surface area (Å²) in [6, 6.07) is -3.43. The molecule has 15 heteroatoms. The molecule has 0 radical (unpaired) electrons. The zero-order valence-electron chi connectivity index (χ0n) is 44.7. The number of aliphatic carboxylic acids is 1. The average molecular weight is 1010 g/mol. The molecule has 0 aromatic rings. The molecule has 0 aromatic heterocycles. The lowest BCUT2D eigenvalue weighted by Crippen LogP contribution is -2.56. The van der Waals surface area contributed by atoms with Gasteiger partial charge in [-0.2, -0.15) is 11.8 Å². The number of carbonyl (C=O) groups excluding carboxylic acids is 6. The second-order valence-electron chi connectivity index (χ2n) is 19.5. The monoisotopic (exact) mass is 1010 g/mol. The first kappa shape index (κ1) is 66.6. The molecular weight excluding hydrogens is 909 g/mol. The summed E-state index contributed by atoms with van der Waals surface area (Å²) >= 11 is 1.26. The number of rotatable bonds is 51. The van der Waals surface area contributed by atoms with Crippen molar-refractivity contribution in [1.82, 2.24) is 16.0 Å². The van der Waals surface area contributed by atoms with Gasteiger partial charge in [0.2, 0.25) is 23.6 Å². The minimum Gasteiger partial charge on any atom is -0.481 e. The Balaban J connectivity index is 5.66. The molecule has 1 unspecified atom stereocenters. The number of thioether (sulfide) groups is 1. The number of primary amides is 1. The van der Waals surface area contributed by atoms with Gasteiger partial charge in [-0.25, -0.2) is 0 Å². The topological polar surface area (TPSA) is 220 Å². The number of ether oxygens (including phenoxy) is 2. The standard InChI is InChI=1S/C55H102N4O10S/c1-5-9-12-15-18-21-22-23-24-27-28-31-34-37-49(60)57-48(55(67)58-46(8-4)54(66)59-47(53(56)65)40-41-50(61)62)44-70-43-45(69-52(64)39-36-33-30-26-20-17-14-11-7-3)42-68-51(63)38-35-32-29-25-19-16-13-10-6-2/h45-48H,5-44H2,1-4H3,(H2,56,65)(H,57,60)(H,58,67)(H,59,66)(H,61,62)/t45-,46?,47-,48+/m1/s1. The molecule has 0 rings (SSSR count). The molecule has 408 valence electrons. The number of esters is 2. The Labute approximate surface area is 429 Å². The number of unbranched alkanes of at least 4 members (excludes halogenated alkanes) is 28. The zero-order valence-corrected chi connectivity index (χ0v) is 45.5. The van der Waals surface area contributed by atoms with Crippen LogP contribution in [-0.2, 0) is 43.0 Å². The van der Waals surface area contributed by atoms with Crippen LogP contribution in [0.25, 0.3) is 0 Å². The van der Waals surface area contributed by atoms with Crippen molar-refractivity contribution >= 4 is 53.3 Å². The molecule has 0 spiro atoms. The molecule has 0 aliphatic heterocycles. The summed E-state index contributed by atoms with van der Waals surface area (Å²) in [6.45, 7) is 8.19. The summed E-state index contributed by atoms with van der Waals surface area (Å²) in [7, 11) is 0. The molecule has 14 nitrogen and oxygen atoms in total. The fourth-order valence-electron chi connectivity index (χ4n) is 8.30. The first-order chi connectivity index (χ1) is 33.9. The summed E-state index contributed by atoms with van der Waals surface area (Å²) in [6.07, 6.45) is 34.8. The number of carboxylic acid groups (broad SMARTS) is 1. The first-order valence-electron chi connectivity index (χ1n) is 28.2. The van der Waals surface area contributed by atoms with E-state index in [9.17, 15) is 33.6 Å². The maximum Gasteiger partial charge on any atom is 0.306 e. The van der Waals surface area contributed by atoms with Crippen LogP contribution in [0.5, 0.6) is 0 Å². The Morgan fingerprint density at radius 1 is 0.457 bits per heavy atom. The third-order valence-electron chi connectivity index (χ3n) is 12.8. The molecular formula is C55H102N4O10S. The normalized spacial score (nSPS) is 12.9. The summed E-state index contributed by atoms with van der Waals surface area (Å²) in [5, 5.41) is 17.1. The molecule has 0 fully saturated rings. The predicted molar refractivity (Wildman–Crippen MR) is 284 cm³/mol. The number of amides is 4. The van der Waals surface area contributed by atoms with E-state index in [1.54, 1.807) is 6.92 Å². The Bertz CT molecular complexity index is 1370. The molecule has 0 saturated heterocycles. The van der Waals surface area contributed by atoms with Crippen molar-refractivity contribution in [3.63, 3.8) is 0 Å². The van der Waals surface area contributed by atoms with E-state index in [0.29, 0.717) is 12.8 Å². The fourth-order valence-corrected chi connectivity index (χ4v) is 9.33. The average Bonchev–Trinajstić information content (AvgIpc) is 3.33. The number of nitrogens with one attached hydrogen (secondary N) is 3. The van der Waals surface area contributed by atoms with Crippen LogP contribution >= 0.6 is 11.8 Å². The van der Waals surface area contributed by atoms with Crippen LogP contribution in [0, 0.1) is 0 Å². The van der Waals surface area contributed by atoms with Crippen molar-refractivity contribution in [2.45, 2.75) is 289 Å². The summed E-state index contributed by atoms with van der Waals surface area (Å²) in [5.74, 6) is -4.17. The third kappa shape index (κ3) is 41.3. The zero-order chi connectivity index (χ0) is 51.9. The number of hydrogen-bond donors (Lipinski definition) is 5. The lowest BCUT2D eigenvalue weighted by molar-refractivity contribution is -0.157. The molecule has 0 saturated carbocycles.